The molecule has 0 bridgehead atoms. The summed E-state index contributed by atoms with van der Waals surface area (Å²) in [6.45, 7) is 2.17. The van der Waals surface area contributed by atoms with Crippen LogP contribution >= 0.6 is 0 Å². The summed E-state index contributed by atoms with van der Waals surface area (Å²) in [4.78, 5) is 12.4. The van der Waals surface area contributed by atoms with Crippen LogP contribution in [0.25, 0.3) is 10.8 Å². The van der Waals surface area contributed by atoms with E-state index < -0.39 is 6.10 Å². The highest BCUT2D eigenvalue weighted by molar-refractivity contribution is 5.87. The van der Waals surface area contributed by atoms with E-state index in [0.717, 1.165) is 16.3 Å². The maximum absolute atomic E-state index is 12.4. The first-order chi connectivity index (χ1) is 13.2. The summed E-state index contributed by atoms with van der Waals surface area (Å²) in [5.41, 5.74) is 3.68. The minimum Gasteiger partial charge on any atom is -0.485 e. The molecule has 5 nitrogen and oxygen atoms in total. The Hall–Kier alpha value is -3.34. The van der Waals surface area contributed by atoms with Gasteiger partial charge in [-0.2, -0.15) is 5.10 Å². The molecule has 5 heteroatoms. The number of nitrogens with one attached hydrogen (secondary N) is 1. The third-order valence-electron chi connectivity index (χ3n) is 4.56. The Labute approximate surface area is 157 Å². The van der Waals surface area contributed by atoms with Crippen LogP contribution in [0.2, 0.25) is 0 Å². The van der Waals surface area contributed by atoms with E-state index in [2.05, 4.69) is 10.5 Å². The number of hydrogen-bond donors (Lipinski definition) is 1. The molecule has 136 valence electrons. The average molecular weight is 360 g/mol. The quantitative estimate of drug-likeness (QED) is 0.567. The van der Waals surface area contributed by atoms with Gasteiger partial charge in [0.05, 0.1) is 0 Å². The van der Waals surface area contributed by atoms with Crippen LogP contribution in [-0.4, -0.2) is 24.8 Å². The molecule has 0 aromatic heterocycles. The minimum absolute atomic E-state index is 0.0992. The van der Waals surface area contributed by atoms with Crippen LogP contribution in [-0.2, 0) is 4.79 Å². The number of benzene rings is 3. The van der Waals surface area contributed by atoms with Gasteiger partial charge in [0.25, 0.3) is 5.91 Å². The second kappa shape index (κ2) is 7.50. The van der Waals surface area contributed by atoms with E-state index >= 15 is 0 Å². The molecule has 1 aliphatic rings. The predicted molar refractivity (Wildman–Crippen MR) is 105 cm³/mol. The summed E-state index contributed by atoms with van der Waals surface area (Å²) in [6.07, 6.45) is 0.973. The van der Waals surface area contributed by atoms with E-state index in [-0.39, 0.29) is 18.4 Å². The summed E-state index contributed by atoms with van der Waals surface area (Å²) in [6, 6.07) is 21.8. The summed E-state index contributed by atoms with van der Waals surface area (Å²) >= 11 is 0. The third kappa shape index (κ3) is 3.77. The number of hydrazone groups is 1. The van der Waals surface area contributed by atoms with Crippen LogP contribution in [0.15, 0.2) is 71.8 Å². The zero-order valence-corrected chi connectivity index (χ0v) is 15.0. The van der Waals surface area contributed by atoms with Crippen molar-refractivity contribution in [3.05, 3.63) is 72.3 Å². The Morgan fingerprint density at radius 3 is 2.48 bits per heavy atom. The highest BCUT2D eigenvalue weighted by Gasteiger charge is 2.27. The zero-order valence-electron chi connectivity index (χ0n) is 15.0. The Balaban J connectivity index is 1.40. The maximum atomic E-state index is 12.4. The lowest BCUT2D eigenvalue weighted by Crippen LogP contribution is -2.42. The fourth-order valence-corrected chi connectivity index (χ4v) is 3.01. The van der Waals surface area contributed by atoms with Crippen LogP contribution in [0.4, 0.5) is 0 Å². The number of ether oxygens (including phenoxy) is 2. The normalized spacial score (nSPS) is 17.0. The van der Waals surface area contributed by atoms with Crippen molar-refractivity contribution in [2.24, 2.45) is 5.10 Å². The number of amides is 1. The van der Waals surface area contributed by atoms with Crippen molar-refractivity contribution in [3.63, 3.8) is 0 Å². The van der Waals surface area contributed by atoms with E-state index in [0.29, 0.717) is 11.5 Å². The Morgan fingerprint density at radius 1 is 1.07 bits per heavy atom. The zero-order chi connectivity index (χ0) is 18.6. The lowest BCUT2D eigenvalue weighted by atomic mass is 10.0. The Bertz CT molecular complexity index is 985. The Kier molecular flexibility index (Phi) is 4.75. The molecule has 1 aliphatic heterocycles. The summed E-state index contributed by atoms with van der Waals surface area (Å²) in [7, 11) is 0. The number of fused-ring (bicyclic) bond motifs is 2. The van der Waals surface area contributed by atoms with Gasteiger partial charge in [0.1, 0.15) is 6.61 Å². The molecule has 0 spiro atoms. The molecule has 1 N–H and O–H groups in total. The van der Waals surface area contributed by atoms with Crippen molar-refractivity contribution in [1.29, 1.82) is 0 Å². The van der Waals surface area contributed by atoms with Gasteiger partial charge < -0.3 is 9.47 Å². The van der Waals surface area contributed by atoms with Crippen molar-refractivity contribution in [3.8, 4) is 11.5 Å². The standard InChI is InChI=1S/C22H20N2O3/c1-15(16-7-3-2-4-8-16)13-23-24-22(25)21-14-26-19-11-17-9-5-6-10-18(17)12-20(19)27-21/h2-13,15,21H,14H2,1H3,(H,24,25)/b23-13-. The largest absolute Gasteiger partial charge is 0.485 e. The first-order valence-electron chi connectivity index (χ1n) is 8.91. The molecule has 1 heterocycles. The van der Waals surface area contributed by atoms with Gasteiger partial charge in [-0.3, -0.25) is 4.79 Å². The van der Waals surface area contributed by atoms with E-state index in [4.69, 9.17) is 9.47 Å². The fraction of sp³-hybridized carbons (Fsp3) is 0.182. The van der Waals surface area contributed by atoms with Crippen molar-refractivity contribution < 1.29 is 14.3 Å². The van der Waals surface area contributed by atoms with Gasteiger partial charge in [-0.05, 0) is 28.5 Å². The number of hydrogen-bond acceptors (Lipinski definition) is 4. The third-order valence-corrected chi connectivity index (χ3v) is 4.56. The molecular formula is C22H20N2O3. The van der Waals surface area contributed by atoms with Crippen LogP contribution < -0.4 is 14.9 Å². The van der Waals surface area contributed by atoms with Crippen LogP contribution in [0, 0.1) is 0 Å². The highest BCUT2D eigenvalue weighted by atomic mass is 16.6. The monoisotopic (exact) mass is 360 g/mol. The van der Waals surface area contributed by atoms with Gasteiger partial charge in [-0.1, -0.05) is 61.5 Å². The fourth-order valence-electron chi connectivity index (χ4n) is 3.01. The predicted octanol–water partition coefficient (Wildman–Crippen LogP) is 3.89. The molecule has 2 atom stereocenters. The summed E-state index contributed by atoms with van der Waals surface area (Å²) in [5, 5.41) is 6.18. The number of carbonyl (C=O) groups is 1. The second-order valence-corrected chi connectivity index (χ2v) is 6.52. The molecule has 0 saturated heterocycles. The van der Waals surface area contributed by atoms with Gasteiger partial charge >= 0.3 is 0 Å². The molecule has 0 fully saturated rings. The van der Waals surface area contributed by atoms with Crippen LogP contribution in [0.1, 0.15) is 18.4 Å². The molecule has 3 aromatic carbocycles. The lowest BCUT2D eigenvalue weighted by molar-refractivity contribution is -0.130. The minimum atomic E-state index is -0.733. The number of carbonyl (C=O) groups excluding carboxylic acids is 1. The van der Waals surface area contributed by atoms with E-state index in [9.17, 15) is 4.79 Å². The van der Waals surface area contributed by atoms with E-state index in [1.807, 2.05) is 73.7 Å². The first kappa shape index (κ1) is 17.1. The molecular weight excluding hydrogens is 340 g/mol. The van der Waals surface area contributed by atoms with Gasteiger partial charge in [-0.15, -0.1) is 0 Å². The SMILES string of the molecule is CC(/C=N\NC(=O)C1COc2cc3ccccc3cc2O1)c1ccccc1. The molecule has 2 unspecified atom stereocenters. The lowest BCUT2D eigenvalue weighted by Gasteiger charge is -2.25. The summed E-state index contributed by atoms with van der Waals surface area (Å²) in [5.74, 6) is 0.994. The van der Waals surface area contributed by atoms with Crippen molar-refractivity contribution in [2.45, 2.75) is 18.9 Å². The maximum Gasteiger partial charge on any atom is 0.284 e. The molecule has 0 aliphatic carbocycles. The van der Waals surface area contributed by atoms with Crippen LogP contribution in [0.3, 0.4) is 0 Å². The molecule has 3 aromatic rings. The number of nitrogens with zero attached hydrogens (tertiary/aromatic N) is 1. The van der Waals surface area contributed by atoms with Gasteiger partial charge in [0.2, 0.25) is 6.10 Å². The molecule has 0 radical (unpaired) electrons. The smallest absolute Gasteiger partial charge is 0.284 e. The van der Waals surface area contributed by atoms with Crippen molar-refractivity contribution >= 4 is 22.9 Å². The second-order valence-electron chi connectivity index (χ2n) is 6.52. The van der Waals surface area contributed by atoms with Crippen LogP contribution in [0.5, 0.6) is 11.5 Å². The number of rotatable bonds is 4. The highest BCUT2D eigenvalue weighted by Crippen LogP contribution is 2.35. The van der Waals surface area contributed by atoms with Crippen molar-refractivity contribution in [2.75, 3.05) is 6.61 Å². The molecule has 27 heavy (non-hydrogen) atoms. The molecule has 0 saturated carbocycles. The van der Waals surface area contributed by atoms with Gasteiger partial charge in [0, 0.05) is 12.1 Å². The van der Waals surface area contributed by atoms with Gasteiger partial charge in [-0.25, -0.2) is 5.43 Å². The molecule has 1 amide bonds. The van der Waals surface area contributed by atoms with Gasteiger partial charge in [0.15, 0.2) is 11.5 Å². The summed E-state index contributed by atoms with van der Waals surface area (Å²) < 4.78 is 11.6. The molecule has 4 rings (SSSR count). The van der Waals surface area contributed by atoms with E-state index in [1.54, 1.807) is 6.21 Å². The van der Waals surface area contributed by atoms with E-state index in [1.165, 1.54) is 0 Å². The van der Waals surface area contributed by atoms with Crippen molar-refractivity contribution in [1.82, 2.24) is 5.43 Å². The average Bonchev–Trinajstić information content (AvgIpc) is 2.72. The first-order valence-corrected chi connectivity index (χ1v) is 8.91. The topological polar surface area (TPSA) is 59.9 Å². The Morgan fingerprint density at radius 2 is 1.74 bits per heavy atom.